The number of hydrogen-bond donors (Lipinski definition) is 0. The topological polar surface area (TPSA) is 62.2 Å². The first kappa shape index (κ1) is 18.5. The third-order valence-electron chi connectivity index (χ3n) is 6.03. The molecule has 0 bridgehead atoms. The third-order valence-corrected chi connectivity index (χ3v) is 7.16. The number of carbonyl (C=O) groups is 1. The lowest BCUT2D eigenvalue weighted by molar-refractivity contribution is -0.139. The highest BCUT2D eigenvalue weighted by molar-refractivity contribution is 7.18. The molecule has 2 aliphatic heterocycles. The summed E-state index contributed by atoms with van der Waals surface area (Å²) in [4.78, 5) is 31.4. The number of rotatable bonds is 3. The average molecular weight is 408 g/mol. The number of amides is 1. The lowest BCUT2D eigenvalue weighted by atomic mass is 9.93. The maximum Gasteiger partial charge on any atom is 0.228 e. The molecule has 4 heterocycles. The van der Waals surface area contributed by atoms with Crippen LogP contribution in [0.1, 0.15) is 43.2 Å². The van der Waals surface area contributed by atoms with Crippen LogP contribution < -0.4 is 4.90 Å². The molecule has 7 heteroatoms. The van der Waals surface area contributed by atoms with Crippen molar-refractivity contribution in [3.8, 4) is 0 Å². The first-order valence-corrected chi connectivity index (χ1v) is 11.3. The molecule has 2 aromatic heterocycles. The summed E-state index contributed by atoms with van der Waals surface area (Å²) in [6.45, 7) is 2.49. The first-order valence-electron chi connectivity index (χ1n) is 10.5. The molecule has 0 saturated carbocycles. The number of anilines is 1. The molecule has 0 spiro atoms. The highest BCUT2D eigenvalue weighted by Crippen LogP contribution is 2.37. The maximum atomic E-state index is 13.6. The van der Waals surface area contributed by atoms with Crippen molar-refractivity contribution in [1.82, 2.24) is 19.9 Å². The standard InChI is InChI=1S/C22H25N5OS/c28-22(16-6-5-12-26(15-16)20-14-23-10-11-24-20)27-13-4-3-8-18(27)21-25-17-7-1-2-9-19(17)29-21/h1-2,7,9-11,14,16,18H,3-6,8,12-13,15H2/t16-,18+/m0/s1. The van der Waals surface area contributed by atoms with Gasteiger partial charge >= 0.3 is 0 Å². The van der Waals surface area contributed by atoms with Gasteiger partial charge in [0.15, 0.2) is 0 Å². The van der Waals surface area contributed by atoms with E-state index < -0.39 is 0 Å². The van der Waals surface area contributed by atoms with E-state index in [4.69, 9.17) is 4.98 Å². The van der Waals surface area contributed by atoms with Gasteiger partial charge in [0.1, 0.15) is 10.8 Å². The second-order valence-electron chi connectivity index (χ2n) is 7.91. The second kappa shape index (κ2) is 8.06. The van der Waals surface area contributed by atoms with Gasteiger partial charge in [0.25, 0.3) is 0 Å². The van der Waals surface area contributed by atoms with E-state index in [2.05, 4.69) is 38.0 Å². The zero-order valence-corrected chi connectivity index (χ0v) is 17.2. The summed E-state index contributed by atoms with van der Waals surface area (Å²) < 4.78 is 1.20. The SMILES string of the molecule is O=C([C@H]1CCCN(c2cnccn2)C1)N1CCCC[C@@H]1c1nc2ccccc2s1. The van der Waals surface area contributed by atoms with Crippen LogP contribution in [0.4, 0.5) is 5.82 Å². The van der Waals surface area contributed by atoms with E-state index in [9.17, 15) is 4.79 Å². The van der Waals surface area contributed by atoms with Gasteiger partial charge in [-0.1, -0.05) is 12.1 Å². The number of thiazole rings is 1. The van der Waals surface area contributed by atoms with Gasteiger partial charge in [-0.2, -0.15) is 0 Å². The van der Waals surface area contributed by atoms with Crippen molar-refractivity contribution in [2.45, 2.75) is 38.1 Å². The first-order chi connectivity index (χ1) is 14.3. The molecule has 150 valence electrons. The van der Waals surface area contributed by atoms with Crippen LogP contribution in [0.15, 0.2) is 42.9 Å². The van der Waals surface area contributed by atoms with Crippen LogP contribution in [0.25, 0.3) is 10.2 Å². The van der Waals surface area contributed by atoms with Gasteiger partial charge in [0.05, 0.1) is 28.4 Å². The summed E-state index contributed by atoms with van der Waals surface area (Å²) in [6.07, 6.45) is 10.4. The van der Waals surface area contributed by atoms with Gasteiger partial charge in [-0.15, -0.1) is 11.3 Å². The van der Waals surface area contributed by atoms with E-state index in [1.54, 1.807) is 29.9 Å². The largest absolute Gasteiger partial charge is 0.355 e. The average Bonchev–Trinajstić information content (AvgIpc) is 3.23. The van der Waals surface area contributed by atoms with Crippen molar-refractivity contribution in [3.05, 3.63) is 47.9 Å². The number of nitrogens with zero attached hydrogens (tertiary/aromatic N) is 5. The van der Waals surface area contributed by atoms with E-state index in [0.29, 0.717) is 0 Å². The number of benzene rings is 1. The van der Waals surface area contributed by atoms with Crippen LogP contribution >= 0.6 is 11.3 Å². The lowest BCUT2D eigenvalue weighted by Gasteiger charge is -2.40. The molecule has 1 amide bonds. The molecule has 0 radical (unpaired) electrons. The Morgan fingerprint density at radius 1 is 1.07 bits per heavy atom. The van der Waals surface area contributed by atoms with Gasteiger partial charge < -0.3 is 9.80 Å². The molecule has 2 atom stereocenters. The highest BCUT2D eigenvalue weighted by atomic mass is 32.1. The number of likely N-dealkylation sites (tertiary alicyclic amines) is 1. The van der Waals surface area contributed by atoms with Gasteiger partial charge in [-0.05, 0) is 44.2 Å². The lowest BCUT2D eigenvalue weighted by Crippen LogP contribution is -2.47. The summed E-state index contributed by atoms with van der Waals surface area (Å²) in [5, 5.41) is 1.08. The fourth-order valence-corrected chi connectivity index (χ4v) is 5.68. The van der Waals surface area contributed by atoms with E-state index in [0.717, 1.165) is 68.1 Å². The van der Waals surface area contributed by atoms with E-state index in [-0.39, 0.29) is 17.9 Å². The Kier molecular flexibility index (Phi) is 5.14. The van der Waals surface area contributed by atoms with Crippen LogP contribution in [0.2, 0.25) is 0 Å². The van der Waals surface area contributed by atoms with Crippen LogP contribution in [-0.4, -0.2) is 45.4 Å². The summed E-state index contributed by atoms with van der Waals surface area (Å²) in [7, 11) is 0. The smallest absolute Gasteiger partial charge is 0.228 e. The predicted octanol–water partition coefficient (Wildman–Crippen LogP) is 4.06. The van der Waals surface area contributed by atoms with Gasteiger partial charge in [0, 0.05) is 32.0 Å². The minimum atomic E-state index is 0.0146. The Balaban J connectivity index is 1.37. The molecule has 29 heavy (non-hydrogen) atoms. The molecule has 2 saturated heterocycles. The number of carbonyl (C=O) groups excluding carboxylic acids is 1. The summed E-state index contributed by atoms with van der Waals surface area (Å²) in [5.41, 5.74) is 1.04. The van der Waals surface area contributed by atoms with E-state index >= 15 is 0 Å². The molecular weight excluding hydrogens is 382 g/mol. The fourth-order valence-electron chi connectivity index (χ4n) is 4.56. The molecule has 0 N–H and O–H groups in total. The zero-order valence-electron chi connectivity index (χ0n) is 16.4. The number of fused-ring (bicyclic) bond motifs is 1. The minimum Gasteiger partial charge on any atom is -0.355 e. The van der Waals surface area contributed by atoms with Gasteiger partial charge in [-0.25, -0.2) is 9.97 Å². The predicted molar refractivity (Wildman–Crippen MR) is 115 cm³/mol. The second-order valence-corrected chi connectivity index (χ2v) is 8.97. The van der Waals surface area contributed by atoms with Crippen molar-refractivity contribution in [2.24, 2.45) is 5.92 Å². The van der Waals surface area contributed by atoms with E-state index in [1.807, 2.05) is 6.07 Å². The number of aromatic nitrogens is 3. The van der Waals surface area contributed by atoms with Crippen LogP contribution in [0.5, 0.6) is 0 Å². The van der Waals surface area contributed by atoms with Crippen molar-refractivity contribution < 1.29 is 4.79 Å². The maximum absolute atomic E-state index is 13.6. The Hall–Kier alpha value is -2.54. The van der Waals surface area contributed by atoms with Crippen molar-refractivity contribution in [3.63, 3.8) is 0 Å². The zero-order chi connectivity index (χ0) is 19.6. The summed E-state index contributed by atoms with van der Waals surface area (Å²) in [6, 6.07) is 8.37. The Labute approximate surface area is 174 Å². The third kappa shape index (κ3) is 3.71. The number of para-hydroxylation sites is 1. The minimum absolute atomic E-state index is 0.0146. The van der Waals surface area contributed by atoms with Gasteiger partial charge in [-0.3, -0.25) is 9.78 Å². The number of piperidine rings is 2. The van der Waals surface area contributed by atoms with E-state index in [1.165, 1.54) is 4.70 Å². The number of hydrogen-bond acceptors (Lipinski definition) is 6. The summed E-state index contributed by atoms with van der Waals surface area (Å²) >= 11 is 1.74. The Morgan fingerprint density at radius 2 is 2.00 bits per heavy atom. The van der Waals surface area contributed by atoms with Crippen LogP contribution in [0.3, 0.4) is 0 Å². The molecular formula is C22H25N5OS. The molecule has 2 aliphatic rings. The molecule has 1 aromatic carbocycles. The van der Waals surface area contributed by atoms with Crippen LogP contribution in [0, 0.1) is 5.92 Å². The monoisotopic (exact) mass is 407 g/mol. The Bertz CT molecular complexity index is 958. The Morgan fingerprint density at radius 3 is 2.86 bits per heavy atom. The molecule has 5 rings (SSSR count). The van der Waals surface area contributed by atoms with Gasteiger partial charge in [0.2, 0.25) is 5.91 Å². The van der Waals surface area contributed by atoms with Crippen molar-refractivity contribution in [2.75, 3.05) is 24.5 Å². The highest BCUT2D eigenvalue weighted by Gasteiger charge is 2.36. The molecule has 3 aromatic rings. The summed E-state index contributed by atoms with van der Waals surface area (Å²) in [5.74, 6) is 1.16. The molecule has 6 nitrogen and oxygen atoms in total. The quantitative estimate of drug-likeness (QED) is 0.655. The molecule has 0 unspecified atom stereocenters. The van der Waals surface area contributed by atoms with Crippen molar-refractivity contribution >= 4 is 33.3 Å². The fraction of sp³-hybridized carbons (Fsp3) is 0.455. The van der Waals surface area contributed by atoms with Crippen molar-refractivity contribution in [1.29, 1.82) is 0 Å². The normalized spacial score (nSPS) is 22.8. The van der Waals surface area contributed by atoms with Crippen LogP contribution in [-0.2, 0) is 4.79 Å². The molecule has 2 fully saturated rings. The molecule has 0 aliphatic carbocycles.